The van der Waals surface area contributed by atoms with Gasteiger partial charge in [-0.25, -0.2) is 9.78 Å². The van der Waals surface area contributed by atoms with Crippen LogP contribution in [0.4, 0.5) is 13.2 Å². The van der Waals surface area contributed by atoms with Crippen molar-refractivity contribution in [1.82, 2.24) is 4.98 Å². The Morgan fingerprint density at radius 3 is 2.41 bits per heavy atom. The SMILES string of the molecule is CC(C)Cc1nc2cc(C(F)(F)F)ccc2c(=O)o1.CCN. The number of nitrogens with two attached hydrogens (primary N) is 1. The Hall–Kier alpha value is -1.89. The maximum absolute atomic E-state index is 12.6. The van der Waals surface area contributed by atoms with Gasteiger partial charge in [-0.1, -0.05) is 20.8 Å². The molecule has 0 aliphatic carbocycles. The van der Waals surface area contributed by atoms with Crippen LogP contribution in [0.25, 0.3) is 10.9 Å². The molecule has 0 bridgehead atoms. The average molecular weight is 316 g/mol. The van der Waals surface area contributed by atoms with E-state index in [2.05, 4.69) is 4.98 Å². The van der Waals surface area contributed by atoms with Gasteiger partial charge in [-0.15, -0.1) is 0 Å². The largest absolute Gasteiger partial charge is 0.416 e. The molecule has 0 fully saturated rings. The number of nitrogens with zero attached hydrogens (tertiary/aromatic N) is 1. The molecule has 7 heteroatoms. The molecule has 0 aliphatic rings. The Kier molecular flexibility index (Phi) is 6.11. The zero-order chi connectivity index (χ0) is 16.9. The van der Waals surface area contributed by atoms with Crippen LogP contribution in [0.1, 0.15) is 32.2 Å². The standard InChI is InChI=1S/C13H12F3NO2.C2H7N/c1-7(2)5-11-17-10-6-8(13(14,15)16)3-4-9(10)12(18)19-11;1-2-3/h3-4,6-7H,5H2,1-2H3;2-3H2,1H3. The molecule has 0 saturated carbocycles. The third kappa shape index (κ3) is 4.84. The van der Waals surface area contributed by atoms with Crippen molar-refractivity contribution in [3.05, 3.63) is 40.1 Å². The van der Waals surface area contributed by atoms with Gasteiger partial charge in [0.05, 0.1) is 16.5 Å². The number of aromatic nitrogens is 1. The number of alkyl halides is 3. The van der Waals surface area contributed by atoms with E-state index in [1.54, 1.807) is 0 Å². The van der Waals surface area contributed by atoms with Crippen LogP contribution in [-0.2, 0) is 12.6 Å². The predicted octanol–water partition coefficient (Wildman–Crippen LogP) is 3.37. The van der Waals surface area contributed by atoms with Crippen molar-refractivity contribution >= 4 is 10.9 Å². The first-order chi connectivity index (χ1) is 10.2. The van der Waals surface area contributed by atoms with E-state index in [0.717, 1.165) is 24.7 Å². The average Bonchev–Trinajstić information content (AvgIpc) is 2.37. The Morgan fingerprint density at radius 1 is 1.32 bits per heavy atom. The van der Waals surface area contributed by atoms with Crippen molar-refractivity contribution < 1.29 is 17.6 Å². The Morgan fingerprint density at radius 2 is 1.91 bits per heavy atom. The van der Waals surface area contributed by atoms with E-state index in [1.807, 2.05) is 20.8 Å². The predicted molar refractivity (Wildman–Crippen MR) is 78.6 cm³/mol. The van der Waals surface area contributed by atoms with Gasteiger partial charge in [-0.2, -0.15) is 13.2 Å². The Balaban J connectivity index is 0.000000745. The van der Waals surface area contributed by atoms with E-state index in [-0.39, 0.29) is 22.7 Å². The third-order valence-corrected chi connectivity index (χ3v) is 2.58. The molecule has 22 heavy (non-hydrogen) atoms. The number of rotatable bonds is 2. The second-order valence-electron chi connectivity index (χ2n) is 5.13. The van der Waals surface area contributed by atoms with Gasteiger partial charge in [0.2, 0.25) is 0 Å². The molecule has 2 rings (SSSR count). The number of halogens is 3. The number of fused-ring (bicyclic) bond motifs is 1. The van der Waals surface area contributed by atoms with Gasteiger partial charge in [-0.05, 0) is 30.7 Å². The molecule has 1 aromatic carbocycles. The highest BCUT2D eigenvalue weighted by Crippen LogP contribution is 2.30. The van der Waals surface area contributed by atoms with Gasteiger partial charge in [-0.3, -0.25) is 0 Å². The van der Waals surface area contributed by atoms with Crippen LogP contribution >= 0.6 is 0 Å². The van der Waals surface area contributed by atoms with Crippen molar-refractivity contribution in [1.29, 1.82) is 0 Å². The highest BCUT2D eigenvalue weighted by Gasteiger charge is 2.30. The van der Waals surface area contributed by atoms with Crippen LogP contribution in [0, 0.1) is 5.92 Å². The fraction of sp³-hybridized carbons (Fsp3) is 0.467. The molecule has 2 N–H and O–H groups in total. The minimum atomic E-state index is -4.45. The zero-order valence-corrected chi connectivity index (χ0v) is 12.7. The normalized spacial score (nSPS) is 11.5. The van der Waals surface area contributed by atoms with Gasteiger partial charge in [0.15, 0.2) is 5.89 Å². The quantitative estimate of drug-likeness (QED) is 0.922. The highest BCUT2D eigenvalue weighted by molar-refractivity contribution is 5.77. The van der Waals surface area contributed by atoms with E-state index in [1.165, 1.54) is 0 Å². The molecule has 0 atom stereocenters. The molecule has 0 spiro atoms. The van der Waals surface area contributed by atoms with Gasteiger partial charge in [0, 0.05) is 6.42 Å². The molecule has 0 radical (unpaired) electrons. The molecular formula is C15H19F3N2O2. The lowest BCUT2D eigenvalue weighted by atomic mass is 10.1. The van der Waals surface area contributed by atoms with Gasteiger partial charge >= 0.3 is 11.8 Å². The number of hydrogen-bond acceptors (Lipinski definition) is 4. The minimum absolute atomic E-state index is 0.0155. The number of benzene rings is 1. The fourth-order valence-corrected chi connectivity index (χ4v) is 1.73. The topological polar surface area (TPSA) is 69.1 Å². The summed E-state index contributed by atoms with van der Waals surface area (Å²) in [6.07, 6.45) is -4.05. The van der Waals surface area contributed by atoms with Crippen molar-refractivity contribution in [2.75, 3.05) is 6.54 Å². The summed E-state index contributed by atoms with van der Waals surface area (Å²) in [7, 11) is 0. The first-order valence-electron chi connectivity index (χ1n) is 6.90. The molecule has 0 amide bonds. The van der Waals surface area contributed by atoms with E-state index < -0.39 is 17.4 Å². The molecule has 4 nitrogen and oxygen atoms in total. The molecule has 0 unspecified atom stereocenters. The minimum Gasteiger partial charge on any atom is -0.408 e. The maximum atomic E-state index is 12.6. The van der Waals surface area contributed by atoms with Crippen LogP contribution in [0.5, 0.6) is 0 Å². The second-order valence-corrected chi connectivity index (χ2v) is 5.13. The van der Waals surface area contributed by atoms with Crippen LogP contribution in [0.3, 0.4) is 0 Å². The van der Waals surface area contributed by atoms with Crippen LogP contribution in [-0.4, -0.2) is 11.5 Å². The number of hydrogen-bond donors (Lipinski definition) is 1. The van der Waals surface area contributed by atoms with Crippen molar-refractivity contribution in [2.45, 2.75) is 33.4 Å². The van der Waals surface area contributed by atoms with E-state index in [0.29, 0.717) is 6.42 Å². The molecule has 1 heterocycles. The summed E-state index contributed by atoms with van der Waals surface area (Å²) in [5.41, 5.74) is 3.38. The first kappa shape index (κ1) is 18.2. The second kappa shape index (κ2) is 7.40. The van der Waals surface area contributed by atoms with Crippen LogP contribution < -0.4 is 11.4 Å². The summed E-state index contributed by atoms with van der Waals surface area (Å²) in [5.74, 6) is 0.353. The van der Waals surface area contributed by atoms with Crippen molar-refractivity contribution in [3.63, 3.8) is 0 Å². The summed E-state index contributed by atoms with van der Waals surface area (Å²) >= 11 is 0. The Labute approximate surface area is 126 Å². The molecule has 122 valence electrons. The van der Waals surface area contributed by atoms with E-state index in [9.17, 15) is 18.0 Å². The van der Waals surface area contributed by atoms with Gasteiger partial charge in [0.25, 0.3) is 0 Å². The van der Waals surface area contributed by atoms with Gasteiger partial charge < -0.3 is 10.2 Å². The summed E-state index contributed by atoms with van der Waals surface area (Å²) in [6.45, 7) is 6.45. The molecular weight excluding hydrogens is 297 g/mol. The van der Waals surface area contributed by atoms with E-state index >= 15 is 0 Å². The van der Waals surface area contributed by atoms with Crippen LogP contribution in [0.15, 0.2) is 27.4 Å². The highest BCUT2D eigenvalue weighted by atomic mass is 19.4. The fourth-order valence-electron chi connectivity index (χ4n) is 1.73. The summed E-state index contributed by atoms with van der Waals surface area (Å²) in [5, 5.41) is 0.0560. The smallest absolute Gasteiger partial charge is 0.408 e. The zero-order valence-electron chi connectivity index (χ0n) is 12.7. The lowest BCUT2D eigenvalue weighted by molar-refractivity contribution is -0.137. The van der Waals surface area contributed by atoms with Crippen molar-refractivity contribution in [3.8, 4) is 0 Å². The molecule has 0 saturated heterocycles. The van der Waals surface area contributed by atoms with Crippen LogP contribution in [0.2, 0.25) is 0 Å². The monoisotopic (exact) mass is 316 g/mol. The van der Waals surface area contributed by atoms with E-state index in [4.69, 9.17) is 10.2 Å². The first-order valence-corrected chi connectivity index (χ1v) is 6.90. The lowest BCUT2D eigenvalue weighted by Crippen LogP contribution is -2.10. The molecule has 2 aromatic rings. The summed E-state index contributed by atoms with van der Waals surface area (Å²) in [6, 6.07) is 2.81. The van der Waals surface area contributed by atoms with Gasteiger partial charge in [0.1, 0.15) is 0 Å². The summed E-state index contributed by atoms with van der Waals surface area (Å²) < 4.78 is 42.8. The van der Waals surface area contributed by atoms with Crippen molar-refractivity contribution in [2.24, 2.45) is 11.7 Å². The molecule has 1 aromatic heterocycles. The summed E-state index contributed by atoms with van der Waals surface area (Å²) in [4.78, 5) is 15.6. The maximum Gasteiger partial charge on any atom is 0.416 e. The Bertz CT molecular complexity index is 679. The molecule has 0 aliphatic heterocycles. The lowest BCUT2D eigenvalue weighted by Gasteiger charge is -2.08. The third-order valence-electron chi connectivity index (χ3n) is 2.58.